The third-order valence-electron chi connectivity index (χ3n) is 11.9. The first-order valence-corrected chi connectivity index (χ1v) is 18.0. The van der Waals surface area contributed by atoms with Crippen molar-refractivity contribution in [2.45, 2.75) is 25.7 Å². The lowest BCUT2D eigenvalue weighted by atomic mass is 9.33. The van der Waals surface area contributed by atoms with E-state index in [-0.39, 0.29) is 6.71 Å². The number of anilines is 3. The monoisotopic (exact) mass is 637 g/mol. The third-order valence-corrected chi connectivity index (χ3v) is 11.9. The quantitative estimate of drug-likeness (QED) is 0.176. The molecule has 4 heterocycles. The van der Waals surface area contributed by atoms with Crippen molar-refractivity contribution in [3.63, 3.8) is 0 Å². The number of hydrogen-bond acceptors (Lipinski definition) is 1. The van der Waals surface area contributed by atoms with Crippen LogP contribution in [-0.2, 0) is 12.8 Å². The van der Waals surface area contributed by atoms with Crippen LogP contribution in [0.25, 0.3) is 55.0 Å². The Bertz CT molecular complexity index is 2840. The van der Waals surface area contributed by atoms with Gasteiger partial charge in [-0.1, -0.05) is 78.9 Å². The van der Waals surface area contributed by atoms with Crippen molar-refractivity contribution in [2.75, 3.05) is 4.90 Å². The highest BCUT2D eigenvalue weighted by atomic mass is 15.1. The first kappa shape index (κ1) is 26.9. The molecule has 7 aromatic carbocycles. The van der Waals surface area contributed by atoms with Crippen molar-refractivity contribution in [1.82, 2.24) is 9.13 Å². The van der Waals surface area contributed by atoms with E-state index in [1.54, 1.807) is 11.1 Å². The normalized spacial score (nSPS) is 14.0. The number of aryl methyl sites for hydroxylation is 1. The molecule has 3 nitrogen and oxygen atoms in total. The molecular formula is C46H32BN3. The lowest BCUT2D eigenvalue weighted by molar-refractivity contribution is 0.688. The molecule has 0 radical (unpaired) electrons. The van der Waals surface area contributed by atoms with Crippen molar-refractivity contribution >= 4 is 83.8 Å². The molecule has 12 rings (SSSR count). The molecule has 0 unspecified atom stereocenters. The van der Waals surface area contributed by atoms with Gasteiger partial charge in [0.15, 0.2) is 0 Å². The average molecular weight is 638 g/mol. The van der Waals surface area contributed by atoms with Gasteiger partial charge >= 0.3 is 0 Å². The van der Waals surface area contributed by atoms with Crippen LogP contribution in [0.4, 0.5) is 17.1 Å². The Balaban J connectivity index is 1.26. The van der Waals surface area contributed by atoms with Crippen LogP contribution in [0.5, 0.6) is 0 Å². The van der Waals surface area contributed by atoms with Crippen LogP contribution < -0.4 is 21.3 Å². The molecule has 9 aromatic rings. The summed E-state index contributed by atoms with van der Waals surface area (Å²) in [5.74, 6) is 0. The zero-order valence-electron chi connectivity index (χ0n) is 27.6. The van der Waals surface area contributed by atoms with E-state index in [9.17, 15) is 0 Å². The maximum absolute atomic E-state index is 2.62. The molecule has 1 aliphatic carbocycles. The van der Waals surface area contributed by atoms with Gasteiger partial charge in [0.25, 0.3) is 6.71 Å². The number of para-hydroxylation sites is 4. The fraction of sp³-hybridized carbons (Fsp3) is 0.0870. The van der Waals surface area contributed by atoms with Gasteiger partial charge in [0.05, 0.1) is 22.1 Å². The van der Waals surface area contributed by atoms with E-state index in [0.717, 1.165) is 23.5 Å². The number of benzene rings is 7. The number of fused-ring (bicyclic) bond motifs is 14. The van der Waals surface area contributed by atoms with Gasteiger partial charge in [0.2, 0.25) is 0 Å². The number of rotatable bonds is 3. The Morgan fingerprint density at radius 1 is 0.460 bits per heavy atom. The molecule has 0 amide bonds. The first-order chi connectivity index (χ1) is 24.8. The summed E-state index contributed by atoms with van der Waals surface area (Å²) >= 11 is 0. The molecule has 234 valence electrons. The van der Waals surface area contributed by atoms with Crippen LogP contribution in [0.2, 0.25) is 0 Å². The smallest absolute Gasteiger partial charge is 0.252 e. The predicted molar refractivity (Wildman–Crippen MR) is 211 cm³/mol. The summed E-state index contributed by atoms with van der Waals surface area (Å²) in [6, 6.07) is 54.3. The fourth-order valence-electron chi connectivity index (χ4n) is 9.91. The lowest BCUT2D eigenvalue weighted by Gasteiger charge is -2.35. The molecule has 0 spiro atoms. The SMILES string of the molecule is c1ccc(N(c2ccccc2)c2ccc3c(c2)c2cc4c5ccccc5n5c4c4c2n3-c2ccccc2B4c2c-5ccc3c2CCCC3)cc1. The minimum Gasteiger partial charge on any atom is -0.310 e. The first-order valence-electron chi connectivity index (χ1n) is 18.0. The minimum absolute atomic E-state index is 0.193. The standard InChI is InChI=1S/C46H32BN3/c1-3-14-30(15-4-1)48(31-16-5-2-6-17-31)32-24-26-40-35(27-32)37-28-36-34-19-9-11-21-39(34)50-42-25-23-29-13-7-8-18-33(29)43(42)47-38-20-10-12-22-41(38)49(40)46(37)44(47)45(36)50/h1-6,9-12,14-17,19-28H,7-8,13,18H2. The molecular weight excluding hydrogens is 605 g/mol. The van der Waals surface area contributed by atoms with Gasteiger partial charge in [-0.15, -0.1) is 0 Å². The Morgan fingerprint density at radius 2 is 1.12 bits per heavy atom. The molecule has 3 aliphatic rings. The second-order valence-corrected chi connectivity index (χ2v) is 14.3. The maximum atomic E-state index is 2.62. The highest BCUT2D eigenvalue weighted by Crippen LogP contribution is 2.44. The van der Waals surface area contributed by atoms with E-state index in [0.29, 0.717) is 0 Å². The van der Waals surface area contributed by atoms with E-state index in [1.165, 1.54) is 90.6 Å². The molecule has 0 fully saturated rings. The van der Waals surface area contributed by atoms with Crippen LogP contribution in [0.3, 0.4) is 0 Å². The molecule has 4 heteroatoms. The van der Waals surface area contributed by atoms with Crippen LogP contribution in [0, 0.1) is 0 Å². The largest absolute Gasteiger partial charge is 0.310 e. The molecule has 0 bridgehead atoms. The molecule has 0 saturated heterocycles. The van der Waals surface area contributed by atoms with Crippen molar-refractivity contribution in [1.29, 1.82) is 0 Å². The Kier molecular flexibility index (Phi) is 5.27. The zero-order chi connectivity index (χ0) is 32.5. The summed E-state index contributed by atoms with van der Waals surface area (Å²) in [7, 11) is 0. The van der Waals surface area contributed by atoms with Crippen molar-refractivity contribution in [2.24, 2.45) is 0 Å². The third kappa shape index (κ3) is 3.36. The van der Waals surface area contributed by atoms with Crippen LogP contribution in [0.15, 0.2) is 146 Å². The molecule has 0 N–H and O–H groups in total. The molecule has 2 aromatic heterocycles. The Hall–Kier alpha value is -6.00. The summed E-state index contributed by atoms with van der Waals surface area (Å²) in [6.45, 7) is 0.193. The fourth-order valence-corrected chi connectivity index (χ4v) is 9.91. The predicted octanol–water partition coefficient (Wildman–Crippen LogP) is 9.37. The van der Waals surface area contributed by atoms with Crippen molar-refractivity contribution in [3.05, 3.63) is 157 Å². The number of nitrogens with zero attached hydrogens (tertiary/aromatic N) is 3. The maximum Gasteiger partial charge on any atom is 0.252 e. The van der Waals surface area contributed by atoms with Crippen molar-refractivity contribution < 1.29 is 0 Å². The van der Waals surface area contributed by atoms with Gasteiger partial charge in [-0.2, -0.15) is 0 Å². The molecule has 2 aliphatic heterocycles. The van der Waals surface area contributed by atoms with E-state index in [4.69, 9.17) is 0 Å². The van der Waals surface area contributed by atoms with Crippen LogP contribution in [-0.4, -0.2) is 15.8 Å². The molecule has 0 saturated carbocycles. The Morgan fingerprint density at radius 3 is 1.94 bits per heavy atom. The summed E-state index contributed by atoms with van der Waals surface area (Å²) < 4.78 is 5.21. The minimum atomic E-state index is 0.193. The van der Waals surface area contributed by atoms with Gasteiger partial charge in [-0.3, -0.25) is 0 Å². The second kappa shape index (κ2) is 9.80. The van der Waals surface area contributed by atoms with E-state index >= 15 is 0 Å². The number of hydrogen-bond donors (Lipinski definition) is 0. The van der Waals surface area contributed by atoms with Crippen LogP contribution in [0.1, 0.15) is 24.0 Å². The van der Waals surface area contributed by atoms with E-state index < -0.39 is 0 Å². The molecule has 50 heavy (non-hydrogen) atoms. The summed E-state index contributed by atoms with van der Waals surface area (Å²) in [5, 5.41) is 5.31. The van der Waals surface area contributed by atoms with Gasteiger partial charge in [-0.25, -0.2) is 0 Å². The lowest BCUT2D eigenvalue weighted by Crippen LogP contribution is -2.60. The van der Waals surface area contributed by atoms with Gasteiger partial charge in [0, 0.05) is 50.0 Å². The van der Waals surface area contributed by atoms with Gasteiger partial charge < -0.3 is 14.0 Å². The zero-order valence-corrected chi connectivity index (χ0v) is 27.6. The van der Waals surface area contributed by atoms with Gasteiger partial charge in [0.1, 0.15) is 0 Å². The molecule has 0 atom stereocenters. The second-order valence-electron chi connectivity index (χ2n) is 14.3. The summed E-state index contributed by atoms with van der Waals surface area (Å²) in [6.07, 6.45) is 4.88. The summed E-state index contributed by atoms with van der Waals surface area (Å²) in [5.41, 5.74) is 19.0. The average Bonchev–Trinajstić information content (AvgIpc) is 3.70. The highest BCUT2D eigenvalue weighted by Gasteiger charge is 2.42. The topological polar surface area (TPSA) is 13.1 Å². The van der Waals surface area contributed by atoms with Crippen molar-refractivity contribution in [3.8, 4) is 11.4 Å². The summed E-state index contributed by atoms with van der Waals surface area (Å²) in [4.78, 5) is 2.38. The highest BCUT2D eigenvalue weighted by molar-refractivity contribution is 7.00. The van der Waals surface area contributed by atoms with E-state index in [1.807, 2.05) is 0 Å². The number of aromatic nitrogens is 2. The Labute approximate surface area is 290 Å². The van der Waals surface area contributed by atoms with E-state index in [2.05, 4.69) is 160 Å². The van der Waals surface area contributed by atoms with Crippen LogP contribution >= 0.6 is 0 Å². The van der Waals surface area contributed by atoms with Gasteiger partial charge in [-0.05, 0) is 120 Å².